The molecule has 13 heavy (non-hydrogen) atoms. The van der Waals surface area contributed by atoms with Crippen molar-refractivity contribution < 1.29 is 4.79 Å². The summed E-state index contributed by atoms with van der Waals surface area (Å²) in [7, 11) is 0. The van der Waals surface area contributed by atoms with E-state index in [4.69, 9.17) is 0 Å². The van der Waals surface area contributed by atoms with Gasteiger partial charge < -0.3 is 0 Å². The summed E-state index contributed by atoms with van der Waals surface area (Å²) in [6, 6.07) is 0. The molecule has 1 nitrogen and oxygen atoms in total. The van der Waals surface area contributed by atoms with Crippen LogP contribution in [0.5, 0.6) is 0 Å². The van der Waals surface area contributed by atoms with Crippen LogP contribution in [0.3, 0.4) is 0 Å². The normalized spacial score (nSPS) is 24.2. The molecule has 0 N–H and O–H groups in total. The van der Waals surface area contributed by atoms with Crippen LogP contribution in [0.15, 0.2) is 0 Å². The number of carbonyl (C=O) groups is 1. The van der Waals surface area contributed by atoms with Gasteiger partial charge in [0.15, 0.2) is 0 Å². The lowest BCUT2D eigenvalue weighted by molar-refractivity contribution is -0.161. The molecule has 76 valence electrons. The van der Waals surface area contributed by atoms with Crippen LogP contribution in [0, 0.1) is 10.8 Å². The number of Topliss-reactive ketones (excluding diaryl/α,β-unsaturated/α-hetero) is 1. The summed E-state index contributed by atoms with van der Waals surface area (Å²) in [4.78, 5) is 12.1. The van der Waals surface area contributed by atoms with Gasteiger partial charge in [0.1, 0.15) is 5.78 Å². The Morgan fingerprint density at radius 2 is 1.23 bits per heavy atom. The summed E-state index contributed by atoms with van der Waals surface area (Å²) in [6.07, 6.45) is 5.27. The minimum atomic E-state index is 0.0615. The lowest BCUT2D eigenvalue weighted by Crippen LogP contribution is -2.56. The van der Waals surface area contributed by atoms with Crippen LogP contribution in [-0.2, 0) is 4.79 Å². The Balaban J connectivity index is 2.79. The van der Waals surface area contributed by atoms with Crippen molar-refractivity contribution in [3.63, 3.8) is 0 Å². The second-order valence-electron chi connectivity index (χ2n) is 4.48. The standard InChI is InChI=1S/C12H22O/c1-5-11(6-2)9-12(7-3,8-4)10(11)13/h5-9H2,1-4H3. The van der Waals surface area contributed by atoms with Gasteiger partial charge in [-0.25, -0.2) is 0 Å². The average Bonchev–Trinajstić information content (AvgIpc) is 2.19. The van der Waals surface area contributed by atoms with Gasteiger partial charge in [-0.05, 0) is 32.1 Å². The van der Waals surface area contributed by atoms with Gasteiger partial charge in [0.2, 0.25) is 0 Å². The molecule has 0 aliphatic heterocycles. The molecule has 1 aliphatic rings. The van der Waals surface area contributed by atoms with E-state index in [1.807, 2.05) is 0 Å². The summed E-state index contributed by atoms with van der Waals surface area (Å²) in [5.41, 5.74) is 0.123. The fourth-order valence-corrected chi connectivity index (χ4v) is 2.91. The molecule has 0 aromatic carbocycles. The Hall–Kier alpha value is -0.330. The zero-order chi connectivity index (χ0) is 10.1. The van der Waals surface area contributed by atoms with E-state index in [0.29, 0.717) is 5.78 Å². The van der Waals surface area contributed by atoms with Gasteiger partial charge in [-0.1, -0.05) is 27.7 Å². The van der Waals surface area contributed by atoms with E-state index >= 15 is 0 Å². The Labute approximate surface area is 81.9 Å². The third-order valence-electron chi connectivity index (χ3n) is 4.35. The van der Waals surface area contributed by atoms with Gasteiger partial charge >= 0.3 is 0 Å². The quantitative estimate of drug-likeness (QED) is 0.649. The van der Waals surface area contributed by atoms with Crippen LogP contribution < -0.4 is 0 Å². The van der Waals surface area contributed by atoms with Gasteiger partial charge in [0.25, 0.3) is 0 Å². The van der Waals surface area contributed by atoms with Gasteiger partial charge in [-0.3, -0.25) is 4.79 Å². The molecule has 0 heterocycles. The first-order valence-corrected chi connectivity index (χ1v) is 5.65. The van der Waals surface area contributed by atoms with Crippen molar-refractivity contribution in [2.24, 2.45) is 10.8 Å². The molecule has 1 aliphatic carbocycles. The predicted molar refractivity (Wildman–Crippen MR) is 55.7 cm³/mol. The highest BCUT2D eigenvalue weighted by Gasteiger charge is 2.58. The minimum absolute atomic E-state index is 0.0615. The van der Waals surface area contributed by atoms with E-state index in [1.54, 1.807) is 0 Å². The number of hydrogen-bond acceptors (Lipinski definition) is 1. The number of carbonyl (C=O) groups excluding carboxylic acids is 1. The van der Waals surface area contributed by atoms with E-state index in [-0.39, 0.29) is 10.8 Å². The SMILES string of the molecule is CCC1(CC)CC(CC)(CC)C1=O. The average molecular weight is 182 g/mol. The second-order valence-corrected chi connectivity index (χ2v) is 4.48. The first kappa shape index (κ1) is 10.7. The van der Waals surface area contributed by atoms with Gasteiger partial charge in [0.05, 0.1) is 0 Å². The smallest absolute Gasteiger partial charge is 0.145 e. The maximum Gasteiger partial charge on any atom is 0.145 e. The van der Waals surface area contributed by atoms with Gasteiger partial charge in [0, 0.05) is 10.8 Å². The van der Waals surface area contributed by atoms with Crippen LogP contribution in [0.1, 0.15) is 59.8 Å². The highest BCUT2D eigenvalue weighted by atomic mass is 16.1. The predicted octanol–water partition coefficient (Wildman–Crippen LogP) is 3.57. The van der Waals surface area contributed by atoms with Crippen molar-refractivity contribution in [2.45, 2.75) is 59.8 Å². The van der Waals surface area contributed by atoms with Gasteiger partial charge in [-0.2, -0.15) is 0 Å². The van der Waals surface area contributed by atoms with Gasteiger partial charge in [-0.15, -0.1) is 0 Å². The molecule has 1 heteroatoms. The summed E-state index contributed by atoms with van der Waals surface area (Å²) in [5.74, 6) is 0.551. The fraction of sp³-hybridized carbons (Fsp3) is 0.917. The lowest BCUT2D eigenvalue weighted by Gasteiger charge is -2.54. The van der Waals surface area contributed by atoms with Crippen molar-refractivity contribution in [1.29, 1.82) is 0 Å². The van der Waals surface area contributed by atoms with Crippen molar-refractivity contribution in [2.75, 3.05) is 0 Å². The summed E-state index contributed by atoms with van der Waals surface area (Å²) in [5, 5.41) is 0. The number of ketones is 1. The fourth-order valence-electron chi connectivity index (χ4n) is 2.91. The number of rotatable bonds is 4. The molecule has 1 fully saturated rings. The minimum Gasteiger partial charge on any atom is -0.298 e. The van der Waals surface area contributed by atoms with Crippen LogP contribution in [-0.4, -0.2) is 5.78 Å². The number of hydrogen-bond donors (Lipinski definition) is 0. The monoisotopic (exact) mass is 182 g/mol. The first-order chi connectivity index (χ1) is 6.10. The third-order valence-corrected chi connectivity index (χ3v) is 4.35. The molecule has 1 saturated carbocycles. The second kappa shape index (κ2) is 3.43. The molecular weight excluding hydrogens is 160 g/mol. The van der Waals surface area contributed by atoms with E-state index in [9.17, 15) is 4.79 Å². The Morgan fingerprint density at radius 3 is 1.38 bits per heavy atom. The zero-order valence-electron chi connectivity index (χ0n) is 9.44. The van der Waals surface area contributed by atoms with Crippen LogP contribution >= 0.6 is 0 Å². The molecule has 0 unspecified atom stereocenters. The summed E-state index contributed by atoms with van der Waals surface area (Å²) in [6.45, 7) is 8.60. The Morgan fingerprint density at radius 1 is 0.923 bits per heavy atom. The molecule has 0 saturated heterocycles. The Bertz CT molecular complexity index is 177. The van der Waals surface area contributed by atoms with E-state index in [2.05, 4.69) is 27.7 Å². The molecule has 0 bridgehead atoms. The lowest BCUT2D eigenvalue weighted by atomic mass is 9.48. The highest BCUT2D eigenvalue weighted by molar-refractivity contribution is 5.96. The van der Waals surface area contributed by atoms with Crippen molar-refractivity contribution >= 4 is 5.78 Å². The molecular formula is C12H22O. The van der Waals surface area contributed by atoms with E-state index in [0.717, 1.165) is 32.1 Å². The third kappa shape index (κ3) is 1.24. The molecule has 0 radical (unpaired) electrons. The highest BCUT2D eigenvalue weighted by Crippen LogP contribution is 2.58. The van der Waals surface area contributed by atoms with E-state index < -0.39 is 0 Å². The molecule has 0 aromatic heterocycles. The largest absolute Gasteiger partial charge is 0.298 e. The summed E-state index contributed by atoms with van der Waals surface area (Å²) >= 11 is 0. The van der Waals surface area contributed by atoms with Crippen LogP contribution in [0.25, 0.3) is 0 Å². The first-order valence-electron chi connectivity index (χ1n) is 5.65. The van der Waals surface area contributed by atoms with Crippen molar-refractivity contribution in [3.8, 4) is 0 Å². The molecule has 0 spiro atoms. The maximum absolute atomic E-state index is 12.1. The van der Waals surface area contributed by atoms with E-state index in [1.165, 1.54) is 0 Å². The van der Waals surface area contributed by atoms with Crippen molar-refractivity contribution in [1.82, 2.24) is 0 Å². The molecule has 0 aromatic rings. The van der Waals surface area contributed by atoms with Crippen molar-refractivity contribution in [3.05, 3.63) is 0 Å². The topological polar surface area (TPSA) is 17.1 Å². The molecule has 0 atom stereocenters. The van der Waals surface area contributed by atoms with Crippen LogP contribution in [0.4, 0.5) is 0 Å². The van der Waals surface area contributed by atoms with Crippen LogP contribution in [0.2, 0.25) is 0 Å². The maximum atomic E-state index is 12.1. The summed E-state index contributed by atoms with van der Waals surface area (Å²) < 4.78 is 0. The Kier molecular flexibility index (Phi) is 2.84. The molecule has 0 amide bonds. The zero-order valence-corrected chi connectivity index (χ0v) is 9.44. The molecule has 1 rings (SSSR count).